The van der Waals surface area contributed by atoms with Crippen molar-refractivity contribution < 1.29 is 17.9 Å². The first kappa shape index (κ1) is 18.4. The maximum absolute atomic E-state index is 12.2. The average Bonchev–Trinajstić information content (AvgIpc) is 2.56. The molecule has 0 unspecified atom stereocenters. The molecule has 5 nitrogen and oxygen atoms in total. The third-order valence-corrected chi connectivity index (χ3v) is 5.35. The van der Waals surface area contributed by atoms with Crippen molar-refractivity contribution in [2.24, 2.45) is 0 Å². The van der Waals surface area contributed by atoms with Crippen LogP contribution in [0.2, 0.25) is 5.02 Å². The molecule has 0 fully saturated rings. The highest BCUT2D eigenvalue weighted by Gasteiger charge is 2.17. The molecule has 0 radical (unpaired) electrons. The molecular formula is C17H18ClNO4S. The number of hydrogen-bond acceptors (Lipinski definition) is 4. The molecule has 0 saturated carbocycles. The third-order valence-electron chi connectivity index (χ3n) is 3.36. The van der Waals surface area contributed by atoms with Gasteiger partial charge in [0.25, 0.3) is 0 Å². The minimum absolute atomic E-state index is 0.133. The van der Waals surface area contributed by atoms with Crippen LogP contribution in [0, 0.1) is 0 Å². The summed E-state index contributed by atoms with van der Waals surface area (Å²) >= 11 is 5.75. The number of hydrogen-bond donors (Lipinski definition) is 1. The SMILES string of the molecule is COCc1ccccc1NC(=O)CCS(=O)(=O)c1ccc(Cl)cc1. The number of methoxy groups -OCH3 is 1. The Morgan fingerprint density at radius 3 is 2.46 bits per heavy atom. The summed E-state index contributed by atoms with van der Waals surface area (Å²) in [5, 5.41) is 3.18. The molecule has 0 bridgehead atoms. The van der Waals surface area contributed by atoms with Crippen molar-refractivity contribution in [1.29, 1.82) is 0 Å². The van der Waals surface area contributed by atoms with E-state index in [9.17, 15) is 13.2 Å². The zero-order chi connectivity index (χ0) is 17.6. The average molecular weight is 368 g/mol. The molecular weight excluding hydrogens is 350 g/mol. The fourth-order valence-electron chi connectivity index (χ4n) is 2.12. The summed E-state index contributed by atoms with van der Waals surface area (Å²) in [6.07, 6.45) is -0.133. The molecule has 7 heteroatoms. The second kappa shape index (κ2) is 8.28. The second-order valence-electron chi connectivity index (χ2n) is 5.16. The fourth-order valence-corrected chi connectivity index (χ4v) is 3.49. The Labute approximate surface area is 146 Å². The summed E-state index contributed by atoms with van der Waals surface area (Å²) in [5.74, 6) is -0.636. The van der Waals surface area contributed by atoms with Gasteiger partial charge in [0.05, 0.1) is 17.3 Å². The van der Waals surface area contributed by atoms with Gasteiger partial charge >= 0.3 is 0 Å². The Hall–Kier alpha value is -1.89. The topological polar surface area (TPSA) is 72.5 Å². The highest BCUT2D eigenvalue weighted by atomic mass is 35.5. The number of para-hydroxylation sites is 1. The van der Waals surface area contributed by atoms with Crippen LogP contribution >= 0.6 is 11.6 Å². The number of sulfone groups is 1. The number of ether oxygens (including phenoxy) is 1. The zero-order valence-electron chi connectivity index (χ0n) is 13.2. The van der Waals surface area contributed by atoms with Gasteiger partial charge in [0.1, 0.15) is 0 Å². The third kappa shape index (κ3) is 5.06. The van der Waals surface area contributed by atoms with Crippen molar-refractivity contribution in [3.8, 4) is 0 Å². The van der Waals surface area contributed by atoms with Crippen molar-refractivity contribution in [2.75, 3.05) is 18.2 Å². The maximum atomic E-state index is 12.2. The number of carbonyl (C=O) groups is 1. The van der Waals surface area contributed by atoms with Gasteiger partial charge in [0.2, 0.25) is 5.91 Å². The smallest absolute Gasteiger partial charge is 0.225 e. The van der Waals surface area contributed by atoms with Gasteiger partial charge in [0, 0.05) is 29.8 Å². The molecule has 0 heterocycles. The lowest BCUT2D eigenvalue weighted by Gasteiger charge is -2.10. The Bertz CT molecular complexity index is 804. The summed E-state index contributed by atoms with van der Waals surface area (Å²) in [4.78, 5) is 12.2. The van der Waals surface area contributed by atoms with Crippen LogP contribution in [0.25, 0.3) is 0 Å². The molecule has 2 rings (SSSR count). The molecule has 24 heavy (non-hydrogen) atoms. The van der Waals surface area contributed by atoms with E-state index in [0.29, 0.717) is 17.3 Å². The predicted octanol–water partition coefficient (Wildman–Crippen LogP) is 3.29. The molecule has 0 saturated heterocycles. The van der Waals surface area contributed by atoms with Crippen LogP contribution in [0.5, 0.6) is 0 Å². The van der Waals surface area contributed by atoms with Gasteiger partial charge in [-0.1, -0.05) is 29.8 Å². The monoisotopic (exact) mass is 367 g/mol. The van der Waals surface area contributed by atoms with Crippen molar-refractivity contribution in [2.45, 2.75) is 17.9 Å². The summed E-state index contributed by atoms with van der Waals surface area (Å²) in [6, 6.07) is 13.1. The van der Waals surface area contributed by atoms with E-state index < -0.39 is 9.84 Å². The lowest BCUT2D eigenvalue weighted by molar-refractivity contribution is -0.115. The van der Waals surface area contributed by atoms with E-state index in [2.05, 4.69) is 5.32 Å². The highest BCUT2D eigenvalue weighted by Crippen LogP contribution is 2.18. The molecule has 0 aliphatic carbocycles. The first-order valence-electron chi connectivity index (χ1n) is 7.27. The zero-order valence-corrected chi connectivity index (χ0v) is 14.7. The van der Waals surface area contributed by atoms with Gasteiger partial charge in [-0.25, -0.2) is 8.42 Å². The quantitative estimate of drug-likeness (QED) is 0.815. The number of rotatable bonds is 7. The highest BCUT2D eigenvalue weighted by molar-refractivity contribution is 7.91. The standard InChI is InChI=1S/C17H18ClNO4S/c1-23-12-13-4-2-3-5-16(13)19-17(20)10-11-24(21,22)15-8-6-14(18)7-9-15/h2-9H,10-12H2,1H3,(H,19,20). The first-order valence-corrected chi connectivity index (χ1v) is 9.30. The molecule has 0 spiro atoms. The van der Waals surface area contributed by atoms with E-state index >= 15 is 0 Å². The minimum atomic E-state index is -3.53. The normalized spacial score (nSPS) is 11.2. The number of benzene rings is 2. The van der Waals surface area contributed by atoms with Gasteiger partial charge < -0.3 is 10.1 Å². The van der Waals surface area contributed by atoms with Crippen LogP contribution in [0.4, 0.5) is 5.69 Å². The Balaban J connectivity index is 1.99. The van der Waals surface area contributed by atoms with Crippen LogP contribution in [-0.2, 0) is 26.0 Å². The Kier molecular flexibility index (Phi) is 6.36. The van der Waals surface area contributed by atoms with Crippen LogP contribution in [-0.4, -0.2) is 27.2 Å². The molecule has 128 valence electrons. The van der Waals surface area contributed by atoms with Crippen LogP contribution in [0.1, 0.15) is 12.0 Å². The van der Waals surface area contributed by atoms with Crippen LogP contribution in [0.15, 0.2) is 53.4 Å². The van der Waals surface area contributed by atoms with E-state index in [-0.39, 0.29) is 23.0 Å². The van der Waals surface area contributed by atoms with E-state index in [0.717, 1.165) is 5.56 Å². The van der Waals surface area contributed by atoms with Gasteiger partial charge in [-0.05, 0) is 30.3 Å². The number of anilines is 1. The molecule has 1 amide bonds. The fraction of sp³-hybridized carbons (Fsp3) is 0.235. The van der Waals surface area contributed by atoms with Gasteiger partial charge in [-0.3, -0.25) is 4.79 Å². The molecule has 1 N–H and O–H groups in total. The van der Waals surface area contributed by atoms with E-state index in [1.807, 2.05) is 12.1 Å². The number of amides is 1. The summed E-state index contributed by atoms with van der Waals surface area (Å²) < 4.78 is 29.5. The van der Waals surface area contributed by atoms with Crippen molar-refractivity contribution in [1.82, 2.24) is 0 Å². The van der Waals surface area contributed by atoms with Crippen molar-refractivity contribution in [3.05, 3.63) is 59.1 Å². The van der Waals surface area contributed by atoms with E-state index in [1.54, 1.807) is 19.2 Å². The Morgan fingerprint density at radius 2 is 1.79 bits per heavy atom. The van der Waals surface area contributed by atoms with Gasteiger partial charge in [-0.15, -0.1) is 0 Å². The van der Waals surface area contributed by atoms with Gasteiger partial charge in [0.15, 0.2) is 9.84 Å². The molecule has 0 aliphatic rings. The van der Waals surface area contributed by atoms with Crippen LogP contribution in [0.3, 0.4) is 0 Å². The summed E-state index contributed by atoms with van der Waals surface area (Å²) in [5.41, 5.74) is 1.45. The minimum Gasteiger partial charge on any atom is -0.380 e. The predicted molar refractivity (Wildman–Crippen MR) is 93.9 cm³/mol. The lowest BCUT2D eigenvalue weighted by atomic mass is 10.2. The van der Waals surface area contributed by atoms with E-state index in [1.165, 1.54) is 24.3 Å². The number of nitrogens with one attached hydrogen (secondary N) is 1. The molecule has 0 aromatic heterocycles. The number of halogens is 1. The Morgan fingerprint density at radius 1 is 1.12 bits per heavy atom. The molecule has 0 aliphatic heterocycles. The van der Waals surface area contributed by atoms with Crippen LogP contribution < -0.4 is 5.32 Å². The first-order chi connectivity index (χ1) is 11.4. The molecule has 2 aromatic rings. The maximum Gasteiger partial charge on any atom is 0.225 e. The summed E-state index contributed by atoms with van der Waals surface area (Å²) in [7, 11) is -1.96. The largest absolute Gasteiger partial charge is 0.380 e. The number of carbonyl (C=O) groups excluding carboxylic acids is 1. The van der Waals surface area contributed by atoms with Crippen molar-refractivity contribution in [3.63, 3.8) is 0 Å². The van der Waals surface area contributed by atoms with Crippen molar-refractivity contribution >= 4 is 33.0 Å². The lowest BCUT2D eigenvalue weighted by Crippen LogP contribution is -2.18. The summed E-state index contributed by atoms with van der Waals surface area (Å²) in [6.45, 7) is 0.361. The molecule has 2 aromatic carbocycles. The second-order valence-corrected chi connectivity index (χ2v) is 7.71. The van der Waals surface area contributed by atoms with Gasteiger partial charge in [-0.2, -0.15) is 0 Å². The van der Waals surface area contributed by atoms with E-state index in [4.69, 9.17) is 16.3 Å². The molecule has 0 atom stereocenters.